The number of halogens is 1. The monoisotopic (exact) mass is 297 g/mol. The zero-order chi connectivity index (χ0) is 15.7. The van der Waals surface area contributed by atoms with Gasteiger partial charge in [-0.25, -0.2) is 4.39 Å². The zero-order valence-electron chi connectivity index (χ0n) is 12.6. The number of hydrogen-bond donors (Lipinski definition) is 3. The Morgan fingerprint density at radius 2 is 2.19 bits per heavy atom. The number of rotatable bonds is 9. The van der Waals surface area contributed by atoms with Crippen LogP contribution in [0.15, 0.2) is 23.4 Å². The Kier molecular flexibility index (Phi) is 7.71. The number of benzene rings is 1. The van der Waals surface area contributed by atoms with Crippen molar-refractivity contribution in [2.24, 2.45) is 16.8 Å². The van der Waals surface area contributed by atoms with Gasteiger partial charge in [-0.1, -0.05) is 31.1 Å². The topological polar surface area (TPSA) is 79.9 Å². The molecule has 0 saturated heterocycles. The van der Waals surface area contributed by atoms with E-state index in [4.69, 9.17) is 15.7 Å². The fourth-order valence-electron chi connectivity index (χ4n) is 1.70. The van der Waals surface area contributed by atoms with Gasteiger partial charge < -0.3 is 21.0 Å². The lowest BCUT2D eigenvalue weighted by Crippen LogP contribution is -2.21. The molecule has 21 heavy (non-hydrogen) atoms. The molecule has 0 amide bonds. The van der Waals surface area contributed by atoms with Crippen LogP contribution in [0.1, 0.15) is 31.4 Å². The molecule has 0 aliphatic heterocycles. The third kappa shape index (κ3) is 6.55. The van der Waals surface area contributed by atoms with E-state index in [0.717, 1.165) is 13.0 Å². The second-order valence-corrected chi connectivity index (χ2v) is 5.26. The van der Waals surface area contributed by atoms with Crippen molar-refractivity contribution < 1.29 is 14.3 Å². The van der Waals surface area contributed by atoms with Crippen LogP contribution in [0.5, 0.6) is 0 Å². The van der Waals surface area contributed by atoms with E-state index in [0.29, 0.717) is 36.7 Å². The van der Waals surface area contributed by atoms with Gasteiger partial charge in [-0.3, -0.25) is 0 Å². The summed E-state index contributed by atoms with van der Waals surface area (Å²) in [6.07, 6.45) is 1.05. The molecule has 0 bridgehead atoms. The van der Waals surface area contributed by atoms with E-state index in [2.05, 4.69) is 24.3 Å². The summed E-state index contributed by atoms with van der Waals surface area (Å²) in [6.45, 7) is 6.75. The lowest BCUT2D eigenvalue weighted by molar-refractivity contribution is 0.125. The summed E-state index contributed by atoms with van der Waals surface area (Å²) >= 11 is 0. The van der Waals surface area contributed by atoms with Gasteiger partial charge in [0.2, 0.25) is 0 Å². The highest BCUT2D eigenvalue weighted by molar-refractivity contribution is 5.97. The predicted molar refractivity (Wildman–Crippen MR) is 80.9 cm³/mol. The molecular weight excluding hydrogens is 273 g/mol. The van der Waals surface area contributed by atoms with Crippen molar-refractivity contribution in [2.45, 2.75) is 26.8 Å². The van der Waals surface area contributed by atoms with Crippen molar-refractivity contribution in [2.75, 3.05) is 19.8 Å². The first-order valence-electron chi connectivity index (χ1n) is 7.09. The zero-order valence-corrected chi connectivity index (χ0v) is 12.6. The first kappa shape index (κ1) is 17.4. The van der Waals surface area contributed by atoms with E-state index in [9.17, 15) is 4.39 Å². The van der Waals surface area contributed by atoms with Crippen molar-refractivity contribution in [3.8, 4) is 0 Å². The minimum absolute atomic E-state index is 0.105. The number of oxime groups is 1. The number of ether oxygens (including phenoxy) is 1. The van der Waals surface area contributed by atoms with Crippen LogP contribution in [0.4, 0.5) is 4.39 Å². The average molecular weight is 297 g/mol. The molecule has 118 valence electrons. The molecule has 1 aromatic carbocycles. The number of nitrogens with two attached hydrogens (primary N) is 1. The number of nitrogens with zero attached hydrogens (tertiary/aromatic N) is 1. The van der Waals surface area contributed by atoms with Crippen molar-refractivity contribution in [3.63, 3.8) is 0 Å². The minimum Gasteiger partial charge on any atom is -0.409 e. The summed E-state index contributed by atoms with van der Waals surface area (Å²) in [5.41, 5.74) is 6.29. The molecule has 0 radical (unpaired) electrons. The van der Waals surface area contributed by atoms with Crippen molar-refractivity contribution in [1.82, 2.24) is 5.32 Å². The quantitative estimate of drug-likeness (QED) is 0.214. The Morgan fingerprint density at radius 3 is 2.81 bits per heavy atom. The molecule has 0 aliphatic carbocycles. The Morgan fingerprint density at radius 1 is 1.43 bits per heavy atom. The summed E-state index contributed by atoms with van der Waals surface area (Å²) in [5.74, 6) is 0.153. The van der Waals surface area contributed by atoms with E-state index in [1.54, 1.807) is 12.1 Å². The largest absolute Gasteiger partial charge is 0.409 e. The summed E-state index contributed by atoms with van der Waals surface area (Å²) in [5, 5.41) is 14.5. The molecule has 0 aliphatic rings. The average Bonchev–Trinajstić information content (AvgIpc) is 2.46. The Labute approximate surface area is 125 Å². The molecule has 0 saturated carbocycles. The molecular formula is C15H24FN3O2. The first-order valence-corrected chi connectivity index (χ1v) is 7.09. The third-order valence-electron chi connectivity index (χ3n) is 3.03. The maximum atomic E-state index is 13.8. The number of hydrogen-bond acceptors (Lipinski definition) is 4. The maximum Gasteiger partial charge on any atom is 0.170 e. The smallest absolute Gasteiger partial charge is 0.170 e. The van der Waals surface area contributed by atoms with Crippen molar-refractivity contribution >= 4 is 5.84 Å². The molecule has 0 heterocycles. The second kappa shape index (κ2) is 9.31. The van der Waals surface area contributed by atoms with Crippen LogP contribution in [0.2, 0.25) is 0 Å². The lowest BCUT2D eigenvalue weighted by Gasteiger charge is -2.09. The molecule has 1 aromatic rings. The van der Waals surface area contributed by atoms with Crippen LogP contribution in [-0.2, 0) is 11.3 Å². The van der Waals surface area contributed by atoms with Crippen LogP contribution in [0.25, 0.3) is 0 Å². The molecule has 0 aromatic heterocycles. The second-order valence-electron chi connectivity index (χ2n) is 5.26. The normalized spacial score (nSPS) is 12.1. The van der Waals surface area contributed by atoms with Gasteiger partial charge in [0, 0.05) is 30.8 Å². The van der Waals surface area contributed by atoms with Crippen LogP contribution >= 0.6 is 0 Å². The third-order valence-corrected chi connectivity index (χ3v) is 3.03. The molecule has 0 fully saturated rings. The van der Waals surface area contributed by atoms with Gasteiger partial charge in [-0.15, -0.1) is 0 Å². The SMILES string of the molecule is CC(C)CCOCCNCc1ccc(C(N)=NO)cc1F. The fourth-order valence-corrected chi connectivity index (χ4v) is 1.70. The highest BCUT2D eigenvalue weighted by atomic mass is 19.1. The fraction of sp³-hybridized carbons (Fsp3) is 0.533. The van der Waals surface area contributed by atoms with E-state index < -0.39 is 0 Å². The van der Waals surface area contributed by atoms with Crippen molar-refractivity contribution in [1.29, 1.82) is 0 Å². The minimum atomic E-state index is -0.382. The summed E-state index contributed by atoms with van der Waals surface area (Å²) in [7, 11) is 0. The van der Waals surface area contributed by atoms with Gasteiger partial charge in [-0.2, -0.15) is 0 Å². The lowest BCUT2D eigenvalue weighted by atomic mass is 10.1. The van der Waals surface area contributed by atoms with Gasteiger partial charge in [0.15, 0.2) is 5.84 Å². The Balaban J connectivity index is 2.30. The van der Waals surface area contributed by atoms with E-state index in [1.165, 1.54) is 6.07 Å². The summed E-state index contributed by atoms with van der Waals surface area (Å²) < 4.78 is 19.3. The number of amidine groups is 1. The van der Waals surface area contributed by atoms with E-state index in [1.807, 2.05) is 0 Å². The highest BCUT2D eigenvalue weighted by Gasteiger charge is 2.06. The Bertz CT molecular complexity index is 464. The molecule has 0 atom stereocenters. The van der Waals surface area contributed by atoms with Crippen LogP contribution < -0.4 is 11.1 Å². The summed E-state index contributed by atoms with van der Waals surface area (Å²) in [6, 6.07) is 4.49. The molecule has 0 unspecified atom stereocenters. The van der Waals surface area contributed by atoms with Crippen LogP contribution in [0, 0.1) is 11.7 Å². The molecule has 6 heteroatoms. The highest BCUT2D eigenvalue weighted by Crippen LogP contribution is 2.10. The standard InChI is InChI=1S/C15H24FN3O2/c1-11(2)5-7-21-8-6-18-10-13-4-3-12(9-14(13)16)15(17)19-20/h3-4,9,11,18,20H,5-8,10H2,1-2H3,(H2,17,19). The van der Waals surface area contributed by atoms with Gasteiger partial charge in [0.25, 0.3) is 0 Å². The molecule has 1 rings (SSSR count). The van der Waals surface area contributed by atoms with Gasteiger partial charge >= 0.3 is 0 Å². The molecule has 5 nitrogen and oxygen atoms in total. The Hall–Kier alpha value is -1.66. The van der Waals surface area contributed by atoms with Gasteiger partial charge in [0.05, 0.1) is 6.61 Å². The number of nitrogens with one attached hydrogen (secondary N) is 1. The van der Waals surface area contributed by atoms with Crippen molar-refractivity contribution in [3.05, 3.63) is 35.1 Å². The van der Waals surface area contributed by atoms with E-state index in [-0.39, 0.29) is 11.7 Å². The van der Waals surface area contributed by atoms with Crippen LogP contribution in [0.3, 0.4) is 0 Å². The maximum absolute atomic E-state index is 13.8. The van der Waals surface area contributed by atoms with Gasteiger partial charge in [0.1, 0.15) is 5.82 Å². The molecule has 0 spiro atoms. The molecule has 4 N–H and O–H groups in total. The van der Waals surface area contributed by atoms with Crippen LogP contribution in [-0.4, -0.2) is 30.8 Å². The van der Waals surface area contributed by atoms with E-state index >= 15 is 0 Å². The summed E-state index contributed by atoms with van der Waals surface area (Å²) in [4.78, 5) is 0. The van der Waals surface area contributed by atoms with Gasteiger partial charge in [-0.05, 0) is 18.4 Å². The first-order chi connectivity index (χ1) is 10.0. The predicted octanol–water partition coefficient (Wildman–Crippen LogP) is 2.07.